The van der Waals surface area contributed by atoms with Crippen molar-refractivity contribution in [1.82, 2.24) is 0 Å². The van der Waals surface area contributed by atoms with Gasteiger partial charge in [-0.05, 0) is 49.9 Å². The normalized spacial score (nSPS) is 17.3. The molecule has 2 aromatic carbocycles. The molecule has 130 valence electrons. The first-order chi connectivity index (χ1) is 11.9. The zero-order valence-electron chi connectivity index (χ0n) is 15.2. The minimum absolute atomic E-state index is 0.147. The Bertz CT molecular complexity index is 819. The number of benzene rings is 2. The predicted molar refractivity (Wildman–Crippen MR) is 101 cm³/mol. The molecule has 0 saturated carbocycles. The number of para-hydroxylation sites is 1. The Labute approximate surface area is 148 Å². The molecule has 2 amide bonds. The molecule has 0 aromatic heterocycles. The van der Waals surface area contributed by atoms with E-state index in [0.29, 0.717) is 0 Å². The summed E-state index contributed by atoms with van der Waals surface area (Å²) in [5.41, 5.74) is 5.83. The second-order valence-corrected chi connectivity index (χ2v) is 6.73. The second-order valence-electron chi connectivity index (χ2n) is 6.73. The highest BCUT2D eigenvalue weighted by atomic mass is 16.2. The summed E-state index contributed by atoms with van der Waals surface area (Å²) in [5, 5.41) is 3.28. The molecule has 1 N–H and O–H groups in total. The van der Waals surface area contributed by atoms with Crippen LogP contribution in [0.3, 0.4) is 0 Å². The van der Waals surface area contributed by atoms with Crippen molar-refractivity contribution in [2.75, 3.05) is 10.2 Å². The van der Waals surface area contributed by atoms with Crippen LogP contribution in [-0.4, -0.2) is 17.9 Å². The fourth-order valence-electron chi connectivity index (χ4n) is 3.66. The van der Waals surface area contributed by atoms with E-state index >= 15 is 0 Å². The molecule has 25 heavy (non-hydrogen) atoms. The topological polar surface area (TPSA) is 49.4 Å². The summed E-state index contributed by atoms with van der Waals surface area (Å²) in [6.07, 6.45) is 1.06. The number of anilines is 2. The zero-order valence-corrected chi connectivity index (χ0v) is 15.2. The largest absolute Gasteiger partial charge is 0.373 e. The Morgan fingerprint density at radius 3 is 2.36 bits per heavy atom. The van der Waals surface area contributed by atoms with Crippen LogP contribution in [0.1, 0.15) is 35.6 Å². The van der Waals surface area contributed by atoms with E-state index in [9.17, 15) is 9.59 Å². The van der Waals surface area contributed by atoms with Gasteiger partial charge in [0.05, 0.1) is 12.1 Å². The van der Waals surface area contributed by atoms with Crippen LogP contribution < -0.4 is 10.2 Å². The van der Waals surface area contributed by atoms with E-state index in [0.717, 1.165) is 40.0 Å². The van der Waals surface area contributed by atoms with Crippen molar-refractivity contribution in [2.45, 2.75) is 46.6 Å². The third-order valence-electron chi connectivity index (χ3n) is 4.73. The van der Waals surface area contributed by atoms with Crippen molar-refractivity contribution in [3.63, 3.8) is 0 Å². The minimum atomic E-state index is -0.514. The number of nitrogens with one attached hydrogen (secondary N) is 1. The SMILES string of the molecule is CCc1ccccc1NC1CC(=O)N(c2c(C)cc(C)cc2C)C1=O. The standard InChI is InChI=1S/C21H24N2O2/c1-5-16-8-6-7-9-17(16)22-18-12-19(24)23(21(18)25)20-14(3)10-13(2)11-15(20)4/h6-11,18,22H,5,12H2,1-4H3. The van der Waals surface area contributed by atoms with Crippen LogP contribution in [0.2, 0.25) is 0 Å². The molecule has 2 aromatic rings. The first kappa shape index (κ1) is 17.2. The quantitative estimate of drug-likeness (QED) is 0.861. The number of rotatable bonds is 4. The molecular weight excluding hydrogens is 312 g/mol. The second kappa shape index (κ2) is 6.71. The number of carbonyl (C=O) groups excluding carboxylic acids is 2. The van der Waals surface area contributed by atoms with Gasteiger partial charge in [0, 0.05) is 5.69 Å². The van der Waals surface area contributed by atoms with Crippen molar-refractivity contribution in [3.05, 3.63) is 58.7 Å². The number of carbonyl (C=O) groups is 2. The predicted octanol–water partition coefficient (Wildman–Crippen LogP) is 3.92. The minimum Gasteiger partial charge on any atom is -0.373 e. The fraction of sp³-hybridized carbons (Fsp3) is 0.333. The van der Waals surface area contributed by atoms with Crippen molar-refractivity contribution in [2.24, 2.45) is 0 Å². The lowest BCUT2D eigenvalue weighted by atomic mass is 10.0. The molecule has 1 saturated heterocycles. The van der Waals surface area contributed by atoms with Crippen molar-refractivity contribution in [3.8, 4) is 0 Å². The molecule has 1 heterocycles. The van der Waals surface area contributed by atoms with Crippen LogP contribution in [0.5, 0.6) is 0 Å². The summed E-state index contributed by atoms with van der Waals surface area (Å²) >= 11 is 0. The van der Waals surface area contributed by atoms with Crippen LogP contribution in [0.4, 0.5) is 11.4 Å². The van der Waals surface area contributed by atoms with E-state index in [-0.39, 0.29) is 18.2 Å². The molecule has 1 fully saturated rings. The molecule has 1 aliphatic heterocycles. The Kier molecular flexibility index (Phi) is 4.62. The lowest BCUT2D eigenvalue weighted by Gasteiger charge is -2.21. The molecule has 1 aliphatic rings. The average molecular weight is 336 g/mol. The third-order valence-corrected chi connectivity index (χ3v) is 4.73. The van der Waals surface area contributed by atoms with E-state index in [1.165, 1.54) is 4.90 Å². The molecule has 3 rings (SSSR count). The highest BCUT2D eigenvalue weighted by Crippen LogP contribution is 2.32. The van der Waals surface area contributed by atoms with E-state index in [1.54, 1.807) is 0 Å². The van der Waals surface area contributed by atoms with Crippen molar-refractivity contribution in [1.29, 1.82) is 0 Å². The summed E-state index contributed by atoms with van der Waals surface area (Å²) in [6, 6.07) is 11.4. The molecule has 0 spiro atoms. The molecule has 4 nitrogen and oxygen atoms in total. The maximum absolute atomic E-state index is 13.0. The summed E-state index contributed by atoms with van der Waals surface area (Å²) in [6.45, 7) is 7.99. The summed E-state index contributed by atoms with van der Waals surface area (Å²) < 4.78 is 0. The maximum Gasteiger partial charge on any atom is 0.256 e. The highest BCUT2D eigenvalue weighted by Gasteiger charge is 2.40. The monoisotopic (exact) mass is 336 g/mol. The summed E-state index contributed by atoms with van der Waals surface area (Å²) in [7, 11) is 0. The third kappa shape index (κ3) is 3.16. The molecule has 0 bridgehead atoms. The van der Waals surface area contributed by atoms with Gasteiger partial charge in [0.1, 0.15) is 6.04 Å². The molecule has 4 heteroatoms. The van der Waals surface area contributed by atoms with Crippen LogP contribution in [-0.2, 0) is 16.0 Å². The van der Waals surface area contributed by atoms with Gasteiger partial charge in [-0.25, -0.2) is 4.90 Å². The Morgan fingerprint density at radius 1 is 1.08 bits per heavy atom. The molecular formula is C21H24N2O2. The number of amides is 2. The van der Waals surface area contributed by atoms with E-state index < -0.39 is 6.04 Å². The van der Waals surface area contributed by atoms with E-state index in [2.05, 4.69) is 12.2 Å². The van der Waals surface area contributed by atoms with E-state index in [1.807, 2.05) is 57.2 Å². The molecule has 0 aliphatic carbocycles. The van der Waals surface area contributed by atoms with Crippen LogP contribution >= 0.6 is 0 Å². The van der Waals surface area contributed by atoms with Gasteiger partial charge in [0.2, 0.25) is 5.91 Å². The first-order valence-corrected chi connectivity index (χ1v) is 8.71. The Hall–Kier alpha value is -2.62. The van der Waals surface area contributed by atoms with Gasteiger partial charge in [-0.3, -0.25) is 9.59 Å². The molecule has 1 atom stereocenters. The Morgan fingerprint density at radius 2 is 1.72 bits per heavy atom. The number of nitrogens with zero attached hydrogens (tertiary/aromatic N) is 1. The van der Waals surface area contributed by atoms with Gasteiger partial charge < -0.3 is 5.32 Å². The van der Waals surface area contributed by atoms with Gasteiger partial charge in [-0.1, -0.05) is 42.8 Å². The van der Waals surface area contributed by atoms with Crippen molar-refractivity contribution < 1.29 is 9.59 Å². The van der Waals surface area contributed by atoms with Crippen molar-refractivity contribution >= 4 is 23.2 Å². The van der Waals surface area contributed by atoms with Crippen LogP contribution in [0, 0.1) is 20.8 Å². The average Bonchev–Trinajstić information content (AvgIpc) is 2.82. The van der Waals surface area contributed by atoms with E-state index in [4.69, 9.17) is 0 Å². The lowest BCUT2D eigenvalue weighted by molar-refractivity contribution is -0.121. The van der Waals surface area contributed by atoms with Gasteiger partial charge in [0.15, 0.2) is 0 Å². The fourth-order valence-corrected chi connectivity index (χ4v) is 3.66. The Balaban J connectivity index is 1.91. The molecule has 1 unspecified atom stereocenters. The smallest absolute Gasteiger partial charge is 0.256 e. The summed E-state index contributed by atoms with van der Waals surface area (Å²) in [5.74, 6) is -0.322. The van der Waals surface area contributed by atoms with Crippen LogP contribution in [0.15, 0.2) is 36.4 Å². The van der Waals surface area contributed by atoms with Gasteiger partial charge in [-0.2, -0.15) is 0 Å². The maximum atomic E-state index is 13.0. The highest BCUT2D eigenvalue weighted by molar-refractivity contribution is 6.23. The van der Waals surface area contributed by atoms with Gasteiger partial charge >= 0.3 is 0 Å². The van der Waals surface area contributed by atoms with Gasteiger partial charge in [-0.15, -0.1) is 0 Å². The lowest BCUT2D eigenvalue weighted by Crippen LogP contribution is -2.35. The number of imide groups is 1. The zero-order chi connectivity index (χ0) is 18.1. The number of hydrogen-bond acceptors (Lipinski definition) is 3. The van der Waals surface area contributed by atoms with Crippen LogP contribution in [0.25, 0.3) is 0 Å². The first-order valence-electron chi connectivity index (χ1n) is 8.71. The number of hydrogen-bond donors (Lipinski definition) is 1. The number of aryl methyl sites for hydroxylation is 4. The summed E-state index contributed by atoms with van der Waals surface area (Å²) in [4.78, 5) is 26.9. The van der Waals surface area contributed by atoms with Gasteiger partial charge in [0.25, 0.3) is 5.91 Å². The molecule has 0 radical (unpaired) electrons.